The number of pyridine rings is 1. The number of carbonyl (C=O) groups excluding carboxylic acids is 1. The lowest BCUT2D eigenvalue weighted by Crippen LogP contribution is -2.61. The van der Waals surface area contributed by atoms with Gasteiger partial charge in [-0.2, -0.15) is 0 Å². The third-order valence-electron chi connectivity index (χ3n) is 5.54. The maximum absolute atomic E-state index is 14.6. The Morgan fingerprint density at radius 1 is 1.29 bits per heavy atom. The summed E-state index contributed by atoms with van der Waals surface area (Å²) in [6.07, 6.45) is 3.42. The molecule has 1 aliphatic carbocycles. The van der Waals surface area contributed by atoms with E-state index < -0.39 is 44.8 Å². The molecule has 0 unspecified atom stereocenters. The van der Waals surface area contributed by atoms with Crippen molar-refractivity contribution in [3.63, 3.8) is 0 Å². The Morgan fingerprint density at radius 3 is 2.61 bits per heavy atom. The number of nitrogens with zero attached hydrogens (tertiary/aromatic N) is 2. The highest BCUT2D eigenvalue weighted by Crippen LogP contribution is 2.40. The van der Waals surface area contributed by atoms with Crippen molar-refractivity contribution in [1.82, 2.24) is 14.6 Å². The molecule has 1 amide bonds. The Morgan fingerprint density at radius 2 is 2.00 bits per heavy atom. The van der Waals surface area contributed by atoms with Gasteiger partial charge in [-0.3, -0.25) is 10.2 Å². The van der Waals surface area contributed by atoms with Crippen molar-refractivity contribution >= 4 is 27.6 Å². The lowest BCUT2D eigenvalue weighted by Gasteiger charge is -2.40. The molecule has 2 aliphatic rings. The molecule has 2 heterocycles. The minimum Gasteiger partial charge on any atom is -0.345 e. The first-order chi connectivity index (χ1) is 14.5. The van der Waals surface area contributed by atoms with Crippen molar-refractivity contribution < 1.29 is 22.0 Å². The van der Waals surface area contributed by atoms with Crippen molar-refractivity contribution in [3.8, 4) is 0 Å². The van der Waals surface area contributed by atoms with E-state index >= 15 is 0 Å². The fourth-order valence-electron chi connectivity index (χ4n) is 3.60. The largest absolute Gasteiger partial charge is 0.345 e. The molecular weight excluding hydrogens is 428 g/mol. The second kappa shape index (κ2) is 7.26. The average Bonchev–Trinajstić information content (AvgIpc) is 3.52. The van der Waals surface area contributed by atoms with E-state index in [2.05, 4.69) is 15.6 Å². The standard InChI is InChI=1S/C20H21F2N5O3S/c1-20(10-31(29,30)27(2)19(23)26-20)14-8-13(5-6-15(14)21)25-18(28)17-16(22)7-12(9-24-17)11-3-4-11/h5-9,11H,3-4,10H2,1-2H3,(H2,23,26)(H,25,28)/t20-/m0/s1. The van der Waals surface area contributed by atoms with E-state index in [1.165, 1.54) is 38.4 Å². The molecule has 11 heteroatoms. The zero-order valence-electron chi connectivity index (χ0n) is 16.9. The summed E-state index contributed by atoms with van der Waals surface area (Å²) in [5.41, 5.74) is -0.988. The second-order valence-corrected chi connectivity index (χ2v) is 10.1. The van der Waals surface area contributed by atoms with Gasteiger partial charge in [-0.15, -0.1) is 0 Å². The van der Waals surface area contributed by atoms with Gasteiger partial charge in [-0.25, -0.2) is 26.5 Å². The summed E-state index contributed by atoms with van der Waals surface area (Å²) in [4.78, 5) is 16.5. The molecule has 1 aromatic heterocycles. The number of carbonyl (C=O) groups is 1. The Labute approximate surface area is 178 Å². The van der Waals surface area contributed by atoms with Crippen molar-refractivity contribution in [3.05, 3.63) is 58.9 Å². The lowest BCUT2D eigenvalue weighted by molar-refractivity contribution is 0.101. The van der Waals surface area contributed by atoms with Crippen LogP contribution in [0, 0.1) is 17.0 Å². The summed E-state index contributed by atoms with van der Waals surface area (Å²) >= 11 is 0. The molecule has 0 radical (unpaired) electrons. The molecule has 1 atom stereocenters. The van der Waals surface area contributed by atoms with Crippen LogP contribution in [0.4, 0.5) is 14.5 Å². The van der Waals surface area contributed by atoms with Gasteiger partial charge < -0.3 is 10.6 Å². The first-order valence-electron chi connectivity index (χ1n) is 9.60. The van der Waals surface area contributed by atoms with E-state index in [9.17, 15) is 22.0 Å². The normalized spacial score (nSPS) is 22.7. The van der Waals surface area contributed by atoms with Gasteiger partial charge in [-0.1, -0.05) is 0 Å². The number of guanidine groups is 1. The average molecular weight is 449 g/mol. The molecule has 1 saturated carbocycles. The van der Waals surface area contributed by atoms with Crippen LogP contribution in [0.15, 0.2) is 30.5 Å². The SMILES string of the molecule is CN1C(=N)N[C@](C)(c2cc(NC(=O)c3ncc(C4CC4)cc3F)ccc2F)CS1(=O)=O. The van der Waals surface area contributed by atoms with Crippen LogP contribution in [0.2, 0.25) is 0 Å². The number of rotatable bonds is 4. The van der Waals surface area contributed by atoms with Crippen LogP contribution in [0.3, 0.4) is 0 Å². The molecule has 8 nitrogen and oxygen atoms in total. The molecule has 0 spiro atoms. The van der Waals surface area contributed by atoms with Crippen LogP contribution in [0.25, 0.3) is 0 Å². The van der Waals surface area contributed by atoms with Crippen molar-refractivity contribution in [1.29, 1.82) is 5.41 Å². The van der Waals surface area contributed by atoms with Crippen molar-refractivity contribution in [2.45, 2.75) is 31.2 Å². The molecule has 0 bridgehead atoms. The van der Waals surface area contributed by atoms with E-state index in [4.69, 9.17) is 5.41 Å². The number of hydrogen-bond acceptors (Lipinski definition) is 5. The van der Waals surface area contributed by atoms with Crippen LogP contribution in [0.1, 0.15) is 47.3 Å². The quantitative estimate of drug-likeness (QED) is 0.664. The third kappa shape index (κ3) is 3.97. The van der Waals surface area contributed by atoms with Crippen LogP contribution in [0.5, 0.6) is 0 Å². The molecule has 31 heavy (non-hydrogen) atoms. The molecule has 2 fully saturated rings. The van der Waals surface area contributed by atoms with Crippen LogP contribution in [-0.4, -0.2) is 42.4 Å². The van der Waals surface area contributed by atoms with Gasteiger partial charge in [0.25, 0.3) is 5.91 Å². The molecule has 1 saturated heterocycles. The minimum absolute atomic E-state index is 0.0516. The predicted octanol–water partition coefficient (Wildman–Crippen LogP) is 2.50. The van der Waals surface area contributed by atoms with Crippen LogP contribution < -0.4 is 10.6 Å². The number of amides is 1. The summed E-state index contributed by atoms with van der Waals surface area (Å²) in [5.74, 6) is -2.86. The van der Waals surface area contributed by atoms with Gasteiger partial charge in [0.2, 0.25) is 16.0 Å². The molecule has 164 valence electrons. The molecule has 4 rings (SSSR count). The third-order valence-corrected chi connectivity index (χ3v) is 7.50. The maximum atomic E-state index is 14.6. The monoisotopic (exact) mass is 449 g/mol. The second-order valence-electron chi connectivity index (χ2n) is 8.05. The molecule has 2 aromatic rings. The van der Waals surface area contributed by atoms with Gasteiger partial charge in [0.15, 0.2) is 11.5 Å². The van der Waals surface area contributed by atoms with E-state index in [0.717, 1.165) is 28.8 Å². The Hall–Kier alpha value is -3.08. The number of sulfonamides is 1. The van der Waals surface area contributed by atoms with Crippen LogP contribution >= 0.6 is 0 Å². The predicted molar refractivity (Wildman–Crippen MR) is 110 cm³/mol. The smallest absolute Gasteiger partial charge is 0.277 e. The first kappa shape index (κ1) is 21.2. The van der Waals surface area contributed by atoms with Gasteiger partial charge in [0, 0.05) is 24.5 Å². The molecule has 3 N–H and O–H groups in total. The Bertz CT molecular complexity index is 1200. The van der Waals surface area contributed by atoms with Gasteiger partial charge in [0.1, 0.15) is 5.82 Å². The summed E-state index contributed by atoms with van der Waals surface area (Å²) < 4.78 is 54.5. The van der Waals surface area contributed by atoms with E-state index in [1.54, 1.807) is 0 Å². The molecule has 1 aromatic carbocycles. The summed E-state index contributed by atoms with van der Waals surface area (Å²) in [7, 11) is -2.61. The fraction of sp³-hybridized carbons (Fsp3) is 0.350. The van der Waals surface area contributed by atoms with Crippen LogP contribution in [-0.2, 0) is 15.6 Å². The summed E-state index contributed by atoms with van der Waals surface area (Å²) in [5, 5.41) is 13.1. The van der Waals surface area contributed by atoms with E-state index in [0.29, 0.717) is 0 Å². The van der Waals surface area contributed by atoms with Crippen molar-refractivity contribution in [2.24, 2.45) is 0 Å². The molecule has 1 aliphatic heterocycles. The number of hydrogen-bond donors (Lipinski definition) is 3. The summed E-state index contributed by atoms with van der Waals surface area (Å²) in [6.45, 7) is 1.45. The zero-order valence-corrected chi connectivity index (χ0v) is 17.7. The maximum Gasteiger partial charge on any atom is 0.277 e. The highest BCUT2D eigenvalue weighted by Gasteiger charge is 2.43. The van der Waals surface area contributed by atoms with Gasteiger partial charge in [0.05, 0.1) is 11.3 Å². The molecular formula is C20H21F2N5O3S. The number of halogens is 2. The number of benzene rings is 1. The van der Waals surface area contributed by atoms with Gasteiger partial charge in [-0.05, 0) is 55.5 Å². The lowest BCUT2D eigenvalue weighted by atomic mass is 9.93. The van der Waals surface area contributed by atoms with Gasteiger partial charge >= 0.3 is 0 Å². The van der Waals surface area contributed by atoms with Crippen molar-refractivity contribution in [2.75, 3.05) is 18.1 Å². The fourth-order valence-corrected chi connectivity index (χ4v) is 5.07. The van der Waals surface area contributed by atoms with E-state index in [-0.39, 0.29) is 22.9 Å². The number of nitrogens with one attached hydrogen (secondary N) is 3. The summed E-state index contributed by atoms with van der Waals surface area (Å²) in [6, 6.07) is 4.93. The number of anilines is 1. The highest BCUT2D eigenvalue weighted by atomic mass is 32.2. The Kier molecular flexibility index (Phi) is 4.95. The van der Waals surface area contributed by atoms with E-state index in [1.807, 2.05) is 0 Å². The topological polar surface area (TPSA) is 115 Å². The highest BCUT2D eigenvalue weighted by molar-refractivity contribution is 7.89. The zero-order chi connectivity index (χ0) is 22.6. The Balaban J connectivity index is 1.61. The number of aromatic nitrogens is 1. The first-order valence-corrected chi connectivity index (χ1v) is 11.2. The minimum atomic E-state index is -3.84.